The highest BCUT2D eigenvalue weighted by atomic mass is 32.2. The number of pyridine rings is 1. The lowest BCUT2D eigenvalue weighted by Gasteiger charge is -2.47. The molecule has 1 aromatic rings. The summed E-state index contributed by atoms with van der Waals surface area (Å²) in [5.74, 6) is 0.619. The maximum atomic E-state index is 13.6. The van der Waals surface area contributed by atoms with Crippen LogP contribution in [-0.2, 0) is 16.0 Å². The van der Waals surface area contributed by atoms with E-state index in [4.69, 9.17) is 4.74 Å². The Labute approximate surface area is 175 Å². The van der Waals surface area contributed by atoms with Gasteiger partial charge in [-0.05, 0) is 44.8 Å². The van der Waals surface area contributed by atoms with E-state index in [9.17, 15) is 21.6 Å². The highest BCUT2D eigenvalue weighted by Crippen LogP contribution is 2.42. The van der Waals surface area contributed by atoms with Crippen molar-refractivity contribution in [3.8, 4) is 5.75 Å². The average Bonchev–Trinajstić information content (AvgIpc) is 2.68. The van der Waals surface area contributed by atoms with Crippen LogP contribution in [0.3, 0.4) is 0 Å². The van der Waals surface area contributed by atoms with Crippen LogP contribution in [0.4, 0.5) is 13.2 Å². The summed E-state index contributed by atoms with van der Waals surface area (Å²) in [6.07, 6.45) is 3.17. The summed E-state index contributed by atoms with van der Waals surface area (Å²) in [6, 6.07) is 1.10. The summed E-state index contributed by atoms with van der Waals surface area (Å²) < 4.78 is 69.4. The zero-order chi connectivity index (χ0) is 21.4. The van der Waals surface area contributed by atoms with E-state index in [1.54, 1.807) is 0 Å². The van der Waals surface area contributed by atoms with Crippen LogP contribution >= 0.6 is 0 Å². The predicted molar refractivity (Wildman–Crippen MR) is 107 cm³/mol. The summed E-state index contributed by atoms with van der Waals surface area (Å²) in [5, 5.41) is 0. The first-order valence-corrected chi connectivity index (χ1v) is 12.6. The Hall–Kier alpha value is -1.35. The fraction of sp³-hybridized carbons (Fsp3) is 0.762. The Morgan fingerprint density at radius 2 is 1.80 bits per heavy atom. The molecular formula is C21H29F3N2O3S. The quantitative estimate of drug-likeness (QED) is 0.683. The number of aromatic nitrogens is 1. The summed E-state index contributed by atoms with van der Waals surface area (Å²) in [5.41, 5.74) is -0.555. The third-order valence-electron chi connectivity index (χ3n) is 6.84. The summed E-state index contributed by atoms with van der Waals surface area (Å²) in [7, 11) is -2.83. The Morgan fingerprint density at radius 3 is 2.40 bits per heavy atom. The van der Waals surface area contributed by atoms with Gasteiger partial charge in [0.1, 0.15) is 12.4 Å². The molecule has 3 heterocycles. The topological polar surface area (TPSA) is 59.5 Å². The lowest BCUT2D eigenvalue weighted by atomic mass is 9.81. The zero-order valence-corrected chi connectivity index (χ0v) is 17.9. The number of rotatable bonds is 5. The number of likely N-dealkylation sites (tertiary alicyclic amines) is 1. The van der Waals surface area contributed by atoms with Crippen LogP contribution in [0.25, 0.3) is 0 Å². The Morgan fingerprint density at radius 1 is 1.13 bits per heavy atom. The number of halogens is 3. The van der Waals surface area contributed by atoms with E-state index in [1.165, 1.54) is 6.20 Å². The SMILES string of the molecule is O=S1(=O)CC2(CCN(CCOc3cnc(C4CCCCC4)c(C(F)(F)F)c3)CC2)C1. The standard InChI is InChI=1S/C21H29F3N2O3S/c22-21(23,24)18-12-17(13-25-19(18)16-4-2-1-3-5-16)29-11-10-26-8-6-20(7-9-26)14-30(27,28)15-20/h12-13,16H,1-11,14-15H2. The van der Waals surface area contributed by atoms with Crippen molar-refractivity contribution in [2.75, 3.05) is 37.7 Å². The molecule has 9 heteroatoms. The maximum absolute atomic E-state index is 13.6. The first-order valence-electron chi connectivity index (χ1n) is 10.8. The number of nitrogens with zero attached hydrogens (tertiary/aromatic N) is 2. The van der Waals surface area contributed by atoms with E-state index in [0.717, 1.165) is 64.1 Å². The van der Waals surface area contributed by atoms with Gasteiger partial charge in [0.25, 0.3) is 0 Å². The molecule has 0 unspecified atom stereocenters. The third kappa shape index (κ3) is 4.93. The highest BCUT2D eigenvalue weighted by molar-refractivity contribution is 7.92. The minimum Gasteiger partial charge on any atom is -0.491 e. The molecule has 0 amide bonds. The fourth-order valence-electron chi connectivity index (χ4n) is 5.19. The van der Waals surface area contributed by atoms with Crippen LogP contribution in [0.5, 0.6) is 5.75 Å². The van der Waals surface area contributed by atoms with Gasteiger partial charge in [-0.1, -0.05) is 19.3 Å². The Kier molecular flexibility index (Phi) is 6.05. The highest BCUT2D eigenvalue weighted by Gasteiger charge is 2.49. The van der Waals surface area contributed by atoms with Gasteiger partial charge in [0.15, 0.2) is 9.84 Å². The van der Waals surface area contributed by atoms with Crippen molar-refractivity contribution in [2.24, 2.45) is 5.41 Å². The van der Waals surface area contributed by atoms with Crippen LogP contribution in [0, 0.1) is 5.41 Å². The second-order valence-electron chi connectivity index (χ2n) is 9.16. The van der Waals surface area contributed by atoms with Crippen molar-refractivity contribution in [1.82, 2.24) is 9.88 Å². The molecule has 3 fully saturated rings. The largest absolute Gasteiger partial charge is 0.491 e. The molecule has 0 N–H and O–H groups in total. The molecule has 4 rings (SSSR count). The lowest BCUT2D eigenvalue weighted by molar-refractivity contribution is -0.138. The number of piperidine rings is 1. The molecule has 1 spiro atoms. The lowest BCUT2D eigenvalue weighted by Crippen LogP contribution is -2.54. The van der Waals surface area contributed by atoms with Gasteiger partial charge >= 0.3 is 6.18 Å². The normalized spacial score (nSPS) is 24.5. The number of hydrogen-bond acceptors (Lipinski definition) is 5. The molecule has 30 heavy (non-hydrogen) atoms. The average molecular weight is 447 g/mol. The predicted octanol–water partition coefficient (Wildman–Crippen LogP) is 4.04. The van der Waals surface area contributed by atoms with Crippen molar-refractivity contribution in [3.05, 3.63) is 23.5 Å². The molecule has 2 saturated heterocycles. The van der Waals surface area contributed by atoms with Crippen molar-refractivity contribution < 1.29 is 26.3 Å². The minimum atomic E-state index is -4.44. The van der Waals surface area contributed by atoms with Gasteiger partial charge < -0.3 is 4.74 Å². The molecule has 3 aliphatic rings. The van der Waals surface area contributed by atoms with Gasteiger partial charge in [0.2, 0.25) is 0 Å². The number of ether oxygens (including phenoxy) is 1. The molecule has 1 saturated carbocycles. The van der Waals surface area contributed by atoms with Gasteiger partial charge in [-0.3, -0.25) is 9.88 Å². The molecule has 168 valence electrons. The molecule has 0 atom stereocenters. The fourth-order valence-corrected chi connectivity index (χ4v) is 7.55. The number of sulfone groups is 1. The zero-order valence-electron chi connectivity index (χ0n) is 17.1. The van der Waals surface area contributed by atoms with Crippen molar-refractivity contribution in [2.45, 2.75) is 57.0 Å². The molecule has 1 aliphatic carbocycles. The maximum Gasteiger partial charge on any atom is 0.418 e. The summed E-state index contributed by atoms with van der Waals surface area (Å²) >= 11 is 0. The van der Waals surface area contributed by atoms with Crippen LogP contribution in [0.15, 0.2) is 12.3 Å². The van der Waals surface area contributed by atoms with E-state index < -0.39 is 21.6 Å². The molecular weight excluding hydrogens is 417 g/mol. The van der Waals surface area contributed by atoms with Gasteiger partial charge in [-0.15, -0.1) is 0 Å². The summed E-state index contributed by atoms with van der Waals surface area (Å²) in [4.78, 5) is 6.36. The van der Waals surface area contributed by atoms with Gasteiger partial charge in [-0.2, -0.15) is 13.2 Å². The Bertz CT molecular complexity index is 845. The van der Waals surface area contributed by atoms with Crippen LogP contribution in [-0.4, -0.2) is 56.0 Å². The summed E-state index contributed by atoms with van der Waals surface area (Å²) in [6.45, 7) is 2.48. The molecule has 5 nitrogen and oxygen atoms in total. The van der Waals surface area contributed by atoms with Crippen molar-refractivity contribution in [3.63, 3.8) is 0 Å². The van der Waals surface area contributed by atoms with Crippen LogP contribution in [0.1, 0.15) is 62.1 Å². The minimum absolute atomic E-state index is 0.0450. The Balaban J connectivity index is 1.31. The van der Waals surface area contributed by atoms with E-state index in [0.29, 0.717) is 18.1 Å². The van der Waals surface area contributed by atoms with Crippen LogP contribution < -0.4 is 4.74 Å². The van der Waals surface area contributed by atoms with Crippen LogP contribution in [0.2, 0.25) is 0 Å². The molecule has 1 aromatic heterocycles. The monoisotopic (exact) mass is 446 g/mol. The first kappa shape index (κ1) is 21.9. The van der Waals surface area contributed by atoms with Gasteiger partial charge in [-0.25, -0.2) is 8.42 Å². The first-order chi connectivity index (χ1) is 14.2. The second-order valence-corrected chi connectivity index (χ2v) is 11.2. The molecule has 0 aromatic carbocycles. The third-order valence-corrected chi connectivity index (χ3v) is 8.94. The molecule has 2 aliphatic heterocycles. The smallest absolute Gasteiger partial charge is 0.418 e. The van der Waals surface area contributed by atoms with E-state index in [2.05, 4.69) is 9.88 Å². The van der Waals surface area contributed by atoms with Gasteiger partial charge in [0, 0.05) is 17.9 Å². The molecule has 0 bridgehead atoms. The van der Waals surface area contributed by atoms with E-state index in [1.807, 2.05) is 0 Å². The number of alkyl halides is 3. The number of hydrogen-bond donors (Lipinski definition) is 0. The van der Waals surface area contributed by atoms with E-state index in [-0.39, 0.29) is 29.4 Å². The van der Waals surface area contributed by atoms with Gasteiger partial charge in [0.05, 0.1) is 29.0 Å². The van der Waals surface area contributed by atoms with Crippen molar-refractivity contribution in [1.29, 1.82) is 0 Å². The van der Waals surface area contributed by atoms with E-state index >= 15 is 0 Å². The molecule has 0 radical (unpaired) electrons. The second kappa shape index (κ2) is 8.30. The van der Waals surface area contributed by atoms with Crippen molar-refractivity contribution >= 4 is 9.84 Å².